The van der Waals surface area contributed by atoms with Crippen molar-refractivity contribution in [2.75, 3.05) is 0 Å². The van der Waals surface area contributed by atoms with E-state index in [1.165, 1.54) is 12.8 Å². The molecule has 0 rings (SSSR count). The topological polar surface area (TPSA) is 37.3 Å². The number of rotatable bonds is 6. The monoisotopic (exact) mass is 198 g/mol. The highest BCUT2D eigenvalue weighted by Crippen LogP contribution is 2.22. The van der Waals surface area contributed by atoms with E-state index < -0.39 is 5.97 Å². The van der Waals surface area contributed by atoms with Crippen LogP contribution in [0.5, 0.6) is 0 Å². The van der Waals surface area contributed by atoms with Gasteiger partial charge in [-0.15, -0.1) is 0 Å². The lowest BCUT2D eigenvalue weighted by Gasteiger charge is -2.19. The third-order valence-corrected chi connectivity index (χ3v) is 2.99. The third kappa shape index (κ3) is 4.45. The molecule has 82 valence electrons. The summed E-state index contributed by atoms with van der Waals surface area (Å²) in [7, 11) is 0. The van der Waals surface area contributed by atoms with E-state index in [0.717, 1.165) is 6.42 Å². The normalized spacial score (nSPS) is 14.5. The fourth-order valence-electron chi connectivity index (χ4n) is 1.74. The Morgan fingerprint density at radius 1 is 1.36 bits per heavy atom. The molecule has 0 aromatic carbocycles. The van der Waals surface area contributed by atoms with Crippen molar-refractivity contribution in [3.8, 4) is 0 Å². The Morgan fingerprint density at radius 2 is 1.86 bits per heavy atom. The Bertz CT molecular complexity index is 202. The zero-order valence-electron chi connectivity index (χ0n) is 9.71. The maximum Gasteiger partial charge on any atom is 0.330 e. The molecule has 0 spiro atoms. The maximum atomic E-state index is 10.6. The van der Waals surface area contributed by atoms with Crippen LogP contribution in [0.15, 0.2) is 11.6 Å². The summed E-state index contributed by atoms with van der Waals surface area (Å²) >= 11 is 0. The standard InChI is InChI=1S/C12H22O2/c1-5-11(6-2)9(3)7-8-10(4)12(13)14/h8-9,11H,5-7H2,1-4H3,(H,13,14). The first kappa shape index (κ1) is 13.2. The SMILES string of the molecule is CCC(CC)C(C)CC=C(C)C(=O)O. The van der Waals surface area contributed by atoms with Gasteiger partial charge in [0.15, 0.2) is 0 Å². The number of aliphatic carboxylic acids is 1. The molecular weight excluding hydrogens is 176 g/mol. The molecule has 1 atom stereocenters. The minimum absolute atomic E-state index is 0.461. The molecule has 0 aliphatic heterocycles. The van der Waals surface area contributed by atoms with Crippen molar-refractivity contribution in [2.45, 2.75) is 47.0 Å². The molecule has 1 N–H and O–H groups in total. The highest BCUT2D eigenvalue weighted by molar-refractivity contribution is 5.85. The third-order valence-electron chi connectivity index (χ3n) is 2.99. The van der Waals surface area contributed by atoms with Gasteiger partial charge in [-0.2, -0.15) is 0 Å². The summed E-state index contributed by atoms with van der Waals surface area (Å²) in [5.74, 6) is 0.494. The van der Waals surface area contributed by atoms with Crippen molar-refractivity contribution >= 4 is 5.97 Å². The van der Waals surface area contributed by atoms with Crippen LogP contribution in [0.1, 0.15) is 47.0 Å². The highest BCUT2D eigenvalue weighted by atomic mass is 16.4. The molecule has 0 amide bonds. The van der Waals surface area contributed by atoms with Crippen LogP contribution in [0.2, 0.25) is 0 Å². The predicted octanol–water partition coefficient (Wildman–Crippen LogP) is 3.48. The lowest BCUT2D eigenvalue weighted by atomic mass is 9.86. The van der Waals surface area contributed by atoms with Gasteiger partial charge >= 0.3 is 5.97 Å². The average Bonchev–Trinajstić information content (AvgIpc) is 2.15. The van der Waals surface area contributed by atoms with E-state index in [4.69, 9.17) is 5.11 Å². The van der Waals surface area contributed by atoms with Gasteiger partial charge in [-0.25, -0.2) is 4.79 Å². The van der Waals surface area contributed by atoms with Gasteiger partial charge in [0, 0.05) is 5.57 Å². The van der Waals surface area contributed by atoms with E-state index in [1.807, 2.05) is 6.08 Å². The van der Waals surface area contributed by atoms with Gasteiger partial charge in [0.1, 0.15) is 0 Å². The van der Waals surface area contributed by atoms with E-state index in [1.54, 1.807) is 6.92 Å². The maximum absolute atomic E-state index is 10.6. The van der Waals surface area contributed by atoms with Gasteiger partial charge in [0.05, 0.1) is 0 Å². The lowest BCUT2D eigenvalue weighted by Crippen LogP contribution is -2.09. The molecule has 0 aromatic rings. The fourth-order valence-corrected chi connectivity index (χ4v) is 1.74. The first-order valence-electron chi connectivity index (χ1n) is 5.42. The summed E-state index contributed by atoms with van der Waals surface area (Å²) < 4.78 is 0. The Morgan fingerprint density at radius 3 is 2.21 bits per heavy atom. The minimum Gasteiger partial charge on any atom is -0.478 e. The van der Waals surface area contributed by atoms with E-state index in [0.29, 0.717) is 17.4 Å². The first-order valence-corrected chi connectivity index (χ1v) is 5.42. The first-order chi connectivity index (χ1) is 6.52. The van der Waals surface area contributed by atoms with E-state index in [2.05, 4.69) is 20.8 Å². The number of allylic oxidation sites excluding steroid dienone is 1. The van der Waals surface area contributed by atoms with Crippen molar-refractivity contribution < 1.29 is 9.90 Å². The van der Waals surface area contributed by atoms with Crippen LogP contribution < -0.4 is 0 Å². The Balaban J connectivity index is 4.12. The van der Waals surface area contributed by atoms with Crippen LogP contribution in [0.3, 0.4) is 0 Å². The van der Waals surface area contributed by atoms with Crippen molar-refractivity contribution in [3.63, 3.8) is 0 Å². The van der Waals surface area contributed by atoms with E-state index >= 15 is 0 Å². The second kappa shape index (κ2) is 6.63. The molecule has 0 aromatic heterocycles. The molecule has 0 aliphatic carbocycles. The number of carboxylic acids is 1. The molecule has 1 unspecified atom stereocenters. The van der Waals surface area contributed by atoms with Crippen molar-refractivity contribution in [2.24, 2.45) is 11.8 Å². The zero-order valence-corrected chi connectivity index (χ0v) is 9.71. The molecule has 2 nitrogen and oxygen atoms in total. The van der Waals surface area contributed by atoms with Crippen molar-refractivity contribution in [1.29, 1.82) is 0 Å². The summed E-state index contributed by atoms with van der Waals surface area (Å²) in [5.41, 5.74) is 0.461. The largest absolute Gasteiger partial charge is 0.478 e. The summed E-state index contributed by atoms with van der Waals surface area (Å²) in [6.07, 6.45) is 5.07. The van der Waals surface area contributed by atoms with Crippen molar-refractivity contribution in [1.82, 2.24) is 0 Å². The van der Waals surface area contributed by atoms with Crippen LogP contribution in [-0.4, -0.2) is 11.1 Å². The number of carbonyl (C=O) groups is 1. The molecule has 0 heterocycles. The predicted molar refractivity (Wildman–Crippen MR) is 59.2 cm³/mol. The quantitative estimate of drug-likeness (QED) is 0.663. The molecule has 0 aliphatic rings. The van der Waals surface area contributed by atoms with Gasteiger partial charge in [-0.05, 0) is 25.2 Å². The second-order valence-corrected chi connectivity index (χ2v) is 3.98. The molecule has 0 radical (unpaired) electrons. The van der Waals surface area contributed by atoms with Gasteiger partial charge in [-0.1, -0.05) is 39.7 Å². The summed E-state index contributed by atoms with van der Waals surface area (Å²) in [4.78, 5) is 10.6. The van der Waals surface area contributed by atoms with E-state index in [-0.39, 0.29) is 0 Å². The summed E-state index contributed by atoms with van der Waals surface area (Å²) in [6, 6.07) is 0. The number of carboxylic acid groups (broad SMARTS) is 1. The van der Waals surface area contributed by atoms with Crippen LogP contribution in [0.4, 0.5) is 0 Å². The number of hydrogen-bond acceptors (Lipinski definition) is 1. The second-order valence-electron chi connectivity index (χ2n) is 3.98. The van der Waals surface area contributed by atoms with Gasteiger partial charge in [0.25, 0.3) is 0 Å². The molecule has 2 heteroatoms. The zero-order chi connectivity index (χ0) is 11.1. The Labute approximate surface area is 87.0 Å². The average molecular weight is 198 g/mol. The van der Waals surface area contributed by atoms with Crippen LogP contribution in [0.25, 0.3) is 0 Å². The Hall–Kier alpha value is -0.790. The molecule has 0 saturated heterocycles. The molecule has 0 saturated carbocycles. The highest BCUT2D eigenvalue weighted by Gasteiger charge is 2.12. The smallest absolute Gasteiger partial charge is 0.330 e. The molecular formula is C12H22O2. The molecule has 0 fully saturated rings. The summed E-state index contributed by atoms with van der Waals surface area (Å²) in [6.45, 7) is 8.24. The lowest BCUT2D eigenvalue weighted by molar-refractivity contribution is -0.132. The minimum atomic E-state index is -0.804. The van der Waals surface area contributed by atoms with Crippen LogP contribution in [0, 0.1) is 11.8 Å². The van der Waals surface area contributed by atoms with Crippen LogP contribution in [-0.2, 0) is 4.79 Å². The Kier molecular flexibility index (Phi) is 6.26. The van der Waals surface area contributed by atoms with Gasteiger partial charge < -0.3 is 5.11 Å². The molecule has 0 bridgehead atoms. The van der Waals surface area contributed by atoms with Gasteiger partial charge in [0.2, 0.25) is 0 Å². The van der Waals surface area contributed by atoms with E-state index in [9.17, 15) is 4.79 Å². The molecule has 14 heavy (non-hydrogen) atoms. The number of hydrogen-bond donors (Lipinski definition) is 1. The van der Waals surface area contributed by atoms with Crippen LogP contribution >= 0.6 is 0 Å². The van der Waals surface area contributed by atoms with Crippen molar-refractivity contribution in [3.05, 3.63) is 11.6 Å². The summed E-state index contributed by atoms with van der Waals surface area (Å²) in [5, 5.41) is 8.68. The fraction of sp³-hybridized carbons (Fsp3) is 0.750. The van der Waals surface area contributed by atoms with Gasteiger partial charge in [-0.3, -0.25) is 0 Å².